The molecule has 0 aliphatic heterocycles. The Morgan fingerprint density at radius 2 is 1.32 bits per heavy atom. The van der Waals surface area contributed by atoms with Crippen molar-refractivity contribution in [2.75, 3.05) is 0 Å². The van der Waals surface area contributed by atoms with Gasteiger partial charge in [-0.05, 0) is 0 Å². The number of allylic oxidation sites excluding steroid dienone is 2. The van der Waals surface area contributed by atoms with E-state index in [9.17, 15) is 0 Å². The molecule has 1 aliphatic rings. The first-order valence-corrected chi connectivity index (χ1v) is 17.6. The molecule has 0 spiro atoms. The molecule has 0 radical (unpaired) electrons. The fourth-order valence-electron chi connectivity index (χ4n) is 5.09. The van der Waals surface area contributed by atoms with Gasteiger partial charge in [-0.1, -0.05) is 0 Å². The van der Waals surface area contributed by atoms with Crippen LogP contribution >= 0.6 is 0 Å². The molecule has 0 aromatic heterocycles. The maximum atomic E-state index is 2.58. The minimum absolute atomic E-state index is 0.521. The second-order valence-electron chi connectivity index (χ2n) is 8.48. The monoisotopic (exact) mass is 414 g/mol. The molecule has 0 unspecified atom stereocenters. The molecule has 0 bridgehead atoms. The van der Waals surface area contributed by atoms with E-state index in [1.54, 1.807) is 13.3 Å². The minimum atomic E-state index is -2.19. The third-order valence-corrected chi connectivity index (χ3v) is 23.4. The summed E-state index contributed by atoms with van der Waals surface area (Å²) in [6.07, 6.45) is 12.9. The van der Waals surface area contributed by atoms with Crippen LogP contribution in [-0.4, -0.2) is 18.4 Å². The van der Waals surface area contributed by atoms with E-state index in [0.717, 1.165) is 0 Å². The Kier molecular flexibility index (Phi) is 9.11. The molecule has 130 valence electrons. The van der Waals surface area contributed by atoms with Crippen molar-refractivity contribution in [2.45, 2.75) is 113 Å². The van der Waals surface area contributed by atoms with Crippen LogP contribution in [0.3, 0.4) is 0 Å². The van der Waals surface area contributed by atoms with E-state index in [4.69, 9.17) is 0 Å². The van der Waals surface area contributed by atoms with Crippen molar-refractivity contribution in [3.63, 3.8) is 0 Å². The molecule has 0 fully saturated rings. The normalized spacial score (nSPS) is 18.8. The van der Waals surface area contributed by atoms with Crippen LogP contribution in [0.5, 0.6) is 0 Å². The second kappa shape index (κ2) is 9.74. The molecule has 0 amide bonds. The number of hydrogen-bond acceptors (Lipinski definition) is 0. The van der Waals surface area contributed by atoms with Crippen LogP contribution in [0.2, 0.25) is 13.3 Å². The van der Waals surface area contributed by atoms with E-state index < -0.39 is 18.4 Å². The summed E-state index contributed by atoms with van der Waals surface area (Å²) >= 11 is -2.19. The van der Waals surface area contributed by atoms with Crippen LogP contribution in [0.15, 0.2) is 9.16 Å². The predicted molar refractivity (Wildman–Crippen MR) is 105 cm³/mol. The van der Waals surface area contributed by atoms with Gasteiger partial charge in [0.05, 0.1) is 0 Å². The number of unbranched alkanes of at least 4 members (excludes halogenated alkanes) is 3. The standard InChI is InChI=1S/C9H15.3C4H9.Sn/c1-8-5-4-6-9(2,3)7-8;3*1-3-4-2;/h4-6H2,1-3H3;3*1,3-4H2,2H3;. The van der Waals surface area contributed by atoms with Crippen molar-refractivity contribution in [3.8, 4) is 0 Å². The Morgan fingerprint density at radius 3 is 1.68 bits per heavy atom. The van der Waals surface area contributed by atoms with Crippen molar-refractivity contribution >= 4 is 18.4 Å². The Labute approximate surface area is 145 Å². The summed E-state index contributed by atoms with van der Waals surface area (Å²) in [7, 11) is 0. The first-order valence-electron chi connectivity index (χ1n) is 10.1. The molecular formula is C21H42Sn. The molecule has 22 heavy (non-hydrogen) atoms. The van der Waals surface area contributed by atoms with Gasteiger partial charge in [0, 0.05) is 0 Å². The van der Waals surface area contributed by atoms with Crippen LogP contribution in [0, 0.1) is 5.41 Å². The molecular weight excluding hydrogens is 371 g/mol. The first-order chi connectivity index (χ1) is 10.4. The van der Waals surface area contributed by atoms with Crippen molar-refractivity contribution in [1.29, 1.82) is 0 Å². The molecule has 0 N–H and O–H groups in total. The van der Waals surface area contributed by atoms with Crippen LogP contribution in [0.1, 0.15) is 99.3 Å². The van der Waals surface area contributed by atoms with Crippen LogP contribution in [0.25, 0.3) is 0 Å². The first kappa shape index (κ1) is 20.6. The van der Waals surface area contributed by atoms with E-state index >= 15 is 0 Å². The Morgan fingerprint density at radius 1 is 0.864 bits per heavy atom. The fourth-order valence-corrected chi connectivity index (χ4v) is 25.6. The molecule has 0 heterocycles. The van der Waals surface area contributed by atoms with Gasteiger partial charge in [-0.25, -0.2) is 0 Å². The Bertz CT molecular complexity index is 329. The average molecular weight is 413 g/mol. The van der Waals surface area contributed by atoms with Crippen molar-refractivity contribution in [2.24, 2.45) is 5.41 Å². The van der Waals surface area contributed by atoms with Crippen LogP contribution in [-0.2, 0) is 0 Å². The summed E-state index contributed by atoms with van der Waals surface area (Å²) in [5, 5.41) is 0. The molecule has 1 aliphatic carbocycles. The Balaban J connectivity index is 3.23. The van der Waals surface area contributed by atoms with Gasteiger partial charge in [-0.3, -0.25) is 0 Å². The van der Waals surface area contributed by atoms with Crippen molar-refractivity contribution < 1.29 is 0 Å². The molecule has 0 aromatic rings. The van der Waals surface area contributed by atoms with E-state index in [0.29, 0.717) is 5.41 Å². The van der Waals surface area contributed by atoms with E-state index in [1.165, 1.54) is 57.8 Å². The molecule has 1 heteroatoms. The fraction of sp³-hybridized carbons (Fsp3) is 0.905. The summed E-state index contributed by atoms with van der Waals surface area (Å²) in [6.45, 7) is 14.9. The summed E-state index contributed by atoms with van der Waals surface area (Å²) in [4.78, 5) is 0. The quantitative estimate of drug-likeness (QED) is 0.319. The summed E-state index contributed by atoms with van der Waals surface area (Å²) in [5.74, 6) is 0. The second-order valence-corrected chi connectivity index (χ2v) is 21.5. The zero-order valence-corrected chi connectivity index (χ0v) is 19.3. The van der Waals surface area contributed by atoms with Crippen LogP contribution in [0.4, 0.5) is 0 Å². The summed E-state index contributed by atoms with van der Waals surface area (Å²) in [5.41, 5.74) is 2.36. The average Bonchev–Trinajstić information content (AvgIpc) is 2.47. The molecule has 0 saturated carbocycles. The van der Waals surface area contributed by atoms with E-state index in [-0.39, 0.29) is 0 Å². The SMILES string of the molecule is CCC[CH2][Sn]([CH2]CCC)([CH2]CCC)[C]1=C(C)CCCC1(C)C. The topological polar surface area (TPSA) is 0 Å². The molecule has 1 rings (SSSR count). The molecule has 0 saturated heterocycles. The predicted octanol–water partition coefficient (Wildman–Crippen LogP) is 7.90. The third-order valence-electron chi connectivity index (χ3n) is 6.01. The van der Waals surface area contributed by atoms with Gasteiger partial charge in [0.1, 0.15) is 0 Å². The zero-order valence-electron chi connectivity index (χ0n) is 16.5. The van der Waals surface area contributed by atoms with Gasteiger partial charge in [-0.2, -0.15) is 0 Å². The van der Waals surface area contributed by atoms with E-state index in [2.05, 4.69) is 45.1 Å². The van der Waals surface area contributed by atoms with Gasteiger partial charge in [0.2, 0.25) is 0 Å². The van der Waals surface area contributed by atoms with Gasteiger partial charge in [-0.15, -0.1) is 0 Å². The maximum absolute atomic E-state index is 2.58. The summed E-state index contributed by atoms with van der Waals surface area (Å²) < 4.78 is 7.02. The molecule has 0 nitrogen and oxygen atoms in total. The number of rotatable bonds is 10. The van der Waals surface area contributed by atoms with Gasteiger partial charge < -0.3 is 0 Å². The molecule has 0 atom stereocenters. The number of hydrogen-bond donors (Lipinski definition) is 0. The van der Waals surface area contributed by atoms with Crippen molar-refractivity contribution in [1.82, 2.24) is 0 Å². The zero-order chi connectivity index (χ0) is 16.6. The van der Waals surface area contributed by atoms with Crippen molar-refractivity contribution in [3.05, 3.63) is 9.16 Å². The van der Waals surface area contributed by atoms with Gasteiger partial charge in [0.25, 0.3) is 0 Å². The molecule has 0 aromatic carbocycles. The van der Waals surface area contributed by atoms with Gasteiger partial charge >= 0.3 is 146 Å². The van der Waals surface area contributed by atoms with Crippen LogP contribution < -0.4 is 0 Å². The van der Waals surface area contributed by atoms with E-state index in [1.807, 2.05) is 5.57 Å². The summed E-state index contributed by atoms with van der Waals surface area (Å²) in [6, 6.07) is 0. The Hall–Kier alpha value is 0.539. The third kappa shape index (κ3) is 5.28. The van der Waals surface area contributed by atoms with Gasteiger partial charge in [0.15, 0.2) is 0 Å².